The number of benzene rings is 1. The van der Waals surface area contributed by atoms with Gasteiger partial charge in [0.25, 0.3) is 0 Å². The summed E-state index contributed by atoms with van der Waals surface area (Å²) < 4.78 is 1.10. The van der Waals surface area contributed by atoms with Crippen molar-refractivity contribution in [2.45, 2.75) is 0 Å². The Hall–Kier alpha value is -0.300. The molecule has 1 radical (unpaired) electrons. The van der Waals surface area contributed by atoms with E-state index >= 15 is 0 Å². The molecule has 0 aromatic heterocycles. The topological polar surface area (TPSA) is 0 Å². The van der Waals surface area contributed by atoms with Crippen molar-refractivity contribution >= 4 is 15.9 Å². The lowest BCUT2D eigenvalue weighted by atomic mass is 10.2. The molecule has 0 saturated heterocycles. The van der Waals surface area contributed by atoms with Crippen LogP contribution in [0.1, 0.15) is 5.56 Å². The molecule has 0 aliphatic carbocycles. The SMILES string of the molecule is [CH2]c1ccc(Br)cc1. The van der Waals surface area contributed by atoms with E-state index in [1.165, 1.54) is 0 Å². The van der Waals surface area contributed by atoms with E-state index in [1.807, 2.05) is 24.3 Å². The van der Waals surface area contributed by atoms with Crippen LogP contribution in [0.3, 0.4) is 0 Å². The lowest BCUT2D eigenvalue weighted by molar-refractivity contribution is 1.58. The summed E-state index contributed by atoms with van der Waals surface area (Å²) in [6.07, 6.45) is 0. The Balaban J connectivity index is 3.03. The Bertz CT molecular complexity index is 143. The zero-order chi connectivity index (χ0) is 5.98. The quantitative estimate of drug-likeness (QED) is 0.561. The molecule has 0 unspecified atom stereocenters. The van der Waals surface area contributed by atoms with Gasteiger partial charge in [0.2, 0.25) is 0 Å². The molecule has 0 atom stereocenters. The van der Waals surface area contributed by atoms with Crippen molar-refractivity contribution in [3.05, 3.63) is 41.2 Å². The van der Waals surface area contributed by atoms with E-state index in [2.05, 4.69) is 22.9 Å². The highest BCUT2D eigenvalue weighted by atomic mass is 79.9. The summed E-state index contributed by atoms with van der Waals surface area (Å²) in [4.78, 5) is 0. The number of rotatable bonds is 0. The third kappa shape index (κ3) is 1.34. The van der Waals surface area contributed by atoms with Crippen molar-refractivity contribution in [3.8, 4) is 0 Å². The second-order valence-corrected chi connectivity index (χ2v) is 2.54. The number of hydrogen-bond donors (Lipinski definition) is 0. The first-order chi connectivity index (χ1) is 3.79. The van der Waals surface area contributed by atoms with E-state index in [0.717, 1.165) is 10.0 Å². The first-order valence-corrected chi connectivity index (χ1v) is 3.16. The Labute approximate surface area is 57.7 Å². The fourth-order valence-corrected chi connectivity index (χ4v) is 0.749. The zero-order valence-electron chi connectivity index (χ0n) is 4.39. The van der Waals surface area contributed by atoms with Crippen molar-refractivity contribution in [3.63, 3.8) is 0 Å². The van der Waals surface area contributed by atoms with E-state index < -0.39 is 0 Å². The van der Waals surface area contributed by atoms with Crippen LogP contribution in [-0.4, -0.2) is 0 Å². The van der Waals surface area contributed by atoms with Crippen molar-refractivity contribution in [2.75, 3.05) is 0 Å². The zero-order valence-corrected chi connectivity index (χ0v) is 5.98. The van der Waals surface area contributed by atoms with Crippen molar-refractivity contribution in [1.82, 2.24) is 0 Å². The Morgan fingerprint density at radius 3 is 2.00 bits per heavy atom. The maximum atomic E-state index is 3.74. The van der Waals surface area contributed by atoms with Gasteiger partial charge in [-0.1, -0.05) is 28.1 Å². The first-order valence-electron chi connectivity index (χ1n) is 2.36. The molecule has 0 nitrogen and oxygen atoms in total. The number of hydrogen-bond acceptors (Lipinski definition) is 0. The van der Waals surface area contributed by atoms with Gasteiger partial charge in [0, 0.05) is 4.47 Å². The molecule has 1 aromatic carbocycles. The molecule has 0 aliphatic heterocycles. The predicted octanol–water partition coefficient (Wildman–Crippen LogP) is 2.63. The summed E-state index contributed by atoms with van der Waals surface area (Å²) in [5.74, 6) is 0. The molecule has 0 N–H and O–H groups in total. The summed E-state index contributed by atoms with van der Waals surface area (Å²) in [6, 6.07) is 7.87. The molecule has 0 fully saturated rings. The lowest BCUT2D eigenvalue weighted by Crippen LogP contribution is -1.66. The van der Waals surface area contributed by atoms with Gasteiger partial charge in [0.15, 0.2) is 0 Å². The van der Waals surface area contributed by atoms with Crippen LogP contribution >= 0.6 is 15.9 Å². The van der Waals surface area contributed by atoms with E-state index in [-0.39, 0.29) is 0 Å². The molecule has 0 saturated carbocycles. The van der Waals surface area contributed by atoms with Crippen LogP contribution in [0.15, 0.2) is 28.7 Å². The lowest BCUT2D eigenvalue weighted by Gasteiger charge is -1.88. The van der Waals surface area contributed by atoms with E-state index in [9.17, 15) is 0 Å². The molecular formula is C7H6Br. The smallest absolute Gasteiger partial charge is 0.0175 e. The maximum Gasteiger partial charge on any atom is 0.0175 e. The molecular weight excluding hydrogens is 164 g/mol. The third-order valence-corrected chi connectivity index (χ3v) is 1.44. The van der Waals surface area contributed by atoms with Crippen LogP contribution in [-0.2, 0) is 0 Å². The molecule has 1 heteroatoms. The molecule has 1 rings (SSSR count). The number of halogens is 1. The Kier molecular flexibility index (Phi) is 1.69. The van der Waals surface area contributed by atoms with Gasteiger partial charge in [0.05, 0.1) is 0 Å². The van der Waals surface area contributed by atoms with Crippen LogP contribution in [0.4, 0.5) is 0 Å². The van der Waals surface area contributed by atoms with E-state index in [0.29, 0.717) is 0 Å². The normalized spacial score (nSPS) is 9.25. The monoisotopic (exact) mass is 169 g/mol. The summed E-state index contributed by atoms with van der Waals surface area (Å²) >= 11 is 3.32. The average molecular weight is 170 g/mol. The van der Waals surface area contributed by atoms with Gasteiger partial charge in [0.1, 0.15) is 0 Å². The van der Waals surface area contributed by atoms with Crippen molar-refractivity contribution < 1.29 is 0 Å². The van der Waals surface area contributed by atoms with E-state index in [1.54, 1.807) is 0 Å². The van der Waals surface area contributed by atoms with Crippen LogP contribution in [0.2, 0.25) is 0 Å². The Morgan fingerprint density at radius 2 is 1.62 bits per heavy atom. The molecule has 0 bridgehead atoms. The predicted molar refractivity (Wildman–Crippen MR) is 38.6 cm³/mol. The van der Waals surface area contributed by atoms with Crippen molar-refractivity contribution in [2.24, 2.45) is 0 Å². The van der Waals surface area contributed by atoms with Crippen LogP contribution in [0.5, 0.6) is 0 Å². The van der Waals surface area contributed by atoms with Crippen LogP contribution < -0.4 is 0 Å². The molecule has 1 aromatic rings. The van der Waals surface area contributed by atoms with Gasteiger partial charge in [-0.2, -0.15) is 0 Å². The summed E-state index contributed by atoms with van der Waals surface area (Å²) in [5, 5.41) is 0. The minimum absolute atomic E-state index is 1.05. The molecule has 0 spiro atoms. The largest absolute Gasteiger partial charge is 0.0579 e. The van der Waals surface area contributed by atoms with Gasteiger partial charge >= 0.3 is 0 Å². The third-order valence-electron chi connectivity index (χ3n) is 0.913. The van der Waals surface area contributed by atoms with Gasteiger partial charge in [-0.05, 0) is 24.6 Å². The molecule has 0 aliphatic rings. The fourth-order valence-electron chi connectivity index (χ4n) is 0.484. The molecule has 0 heterocycles. The minimum Gasteiger partial charge on any atom is -0.0579 e. The van der Waals surface area contributed by atoms with Crippen LogP contribution in [0, 0.1) is 6.92 Å². The highest BCUT2D eigenvalue weighted by Gasteiger charge is 1.81. The summed E-state index contributed by atoms with van der Waals surface area (Å²) in [7, 11) is 0. The van der Waals surface area contributed by atoms with Crippen LogP contribution in [0.25, 0.3) is 0 Å². The van der Waals surface area contributed by atoms with Gasteiger partial charge in [-0.25, -0.2) is 0 Å². The maximum absolute atomic E-state index is 3.74. The van der Waals surface area contributed by atoms with Gasteiger partial charge in [-0.3, -0.25) is 0 Å². The summed E-state index contributed by atoms with van der Waals surface area (Å²) in [5.41, 5.74) is 1.05. The second kappa shape index (κ2) is 2.31. The first kappa shape index (κ1) is 5.83. The highest BCUT2D eigenvalue weighted by molar-refractivity contribution is 9.10. The fraction of sp³-hybridized carbons (Fsp3) is 0. The second-order valence-electron chi connectivity index (χ2n) is 1.63. The summed E-state index contributed by atoms with van der Waals surface area (Å²) in [6.45, 7) is 3.74. The molecule has 8 heavy (non-hydrogen) atoms. The van der Waals surface area contributed by atoms with E-state index in [4.69, 9.17) is 0 Å². The highest BCUT2D eigenvalue weighted by Crippen LogP contribution is 2.08. The minimum atomic E-state index is 1.05. The van der Waals surface area contributed by atoms with Gasteiger partial charge in [-0.15, -0.1) is 0 Å². The standard InChI is InChI=1S/C7H6Br/c1-6-2-4-7(8)5-3-6/h2-5H,1H2. The van der Waals surface area contributed by atoms with Gasteiger partial charge < -0.3 is 0 Å². The molecule has 0 amide bonds. The van der Waals surface area contributed by atoms with Crippen molar-refractivity contribution in [1.29, 1.82) is 0 Å². The average Bonchev–Trinajstić information content (AvgIpc) is 1.77. The molecule has 41 valence electrons. The Morgan fingerprint density at radius 1 is 1.12 bits per heavy atom.